The van der Waals surface area contributed by atoms with E-state index in [1.807, 2.05) is 0 Å². The van der Waals surface area contributed by atoms with Gasteiger partial charge < -0.3 is 14.8 Å². The Morgan fingerprint density at radius 2 is 2.05 bits per heavy atom. The lowest BCUT2D eigenvalue weighted by atomic mass is 9.94. The van der Waals surface area contributed by atoms with Crippen molar-refractivity contribution in [3.8, 4) is 5.75 Å². The van der Waals surface area contributed by atoms with Crippen LogP contribution in [0.5, 0.6) is 5.75 Å². The Morgan fingerprint density at radius 1 is 1.16 bits per heavy atom. The zero-order valence-electron chi connectivity index (χ0n) is 11.7. The number of benzene rings is 1. The summed E-state index contributed by atoms with van der Waals surface area (Å²) in [7, 11) is 1.80. The quantitative estimate of drug-likeness (QED) is 0.904. The van der Waals surface area contributed by atoms with E-state index in [1.54, 1.807) is 7.11 Å². The maximum Gasteiger partial charge on any atom is 0.143 e. The fourth-order valence-corrected chi connectivity index (χ4v) is 3.18. The zero-order valence-corrected chi connectivity index (χ0v) is 11.7. The molecule has 3 nitrogen and oxygen atoms in total. The highest BCUT2D eigenvalue weighted by atomic mass is 16.5. The Kier molecular flexibility index (Phi) is 3.92. The molecule has 1 aromatic carbocycles. The van der Waals surface area contributed by atoms with Crippen molar-refractivity contribution in [1.29, 1.82) is 0 Å². The lowest BCUT2D eigenvalue weighted by molar-refractivity contribution is 0.0211. The van der Waals surface area contributed by atoms with E-state index in [0.29, 0.717) is 12.2 Å². The lowest BCUT2D eigenvalue weighted by Gasteiger charge is -2.30. The number of hydrogen-bond donors (Lipinski definition) is 1. The van der Waals surface area contributed by atoms with Gasteiger partial charge in [0.15, 0.2) is 0 Å². The largest absolute Gasteiger partial charge is 0.488 e. The van der Waals surface area contributed by atoms with Crippen LogP contribution in [0.25, 0.3) is 0 Å². The molecule has 1 fully saturated rings. The number of ether oxygens (including phenoxy) is 2. The fraction of sp³-hybridized carbons (Fsp3) is 0.625. The number of rotatable bonds is 3. The molecule has 1 saturated carbocycles. The van der Waals surface area contributed by atoms with Crippen LogP contribution in [-0.4, -0.2) is 25.9 Å². The summed E-state index contributed by atoms with van der Waals surface area (Å²) in [6.45, 7) is 1.05. The van der Waals surface area contributed by atoms with Gasteiger partial charge in [-0.15, -0.1) is 0 Å². The number of methoxy groups -OCH3 is 1. The van der Waals surface area contributed by atoms with Crippen molar-refractivity contribution in [2.45, 2.75) is 50.7 Å². The summed E-state index contributed by atoms with van der Waals surface area (Å²) in [4.78, 5) is 0. The monoisotopic (exact) mass is 261 g/mol. The van der Waals surface area contributed by atoms with Crippen molar-refractivity contribution in [2.24, 2.45) is 0 Å². The molecule has 1 aromatic rings. The second kappa shape index (κ2) is 5.83. The molecule has 0 spiro atoms. The van der Waals surface area contributed by atoms with Gasteiger partial charge in [-0.3, -0.25) is 0 Å². The van der Waals surface area contributed by atoms with Crippen LogP contribution < -0.4 is 10.1 Å². The lowest BCUT2D eigenvalue weighted by Crippen LogP contribution is -2.30. The van der Waals surface area contributed by atoms with E-state index in [1.165, 1.54) is 30.5 Å². The first-order valence-corrected chi connectivity index (χ1v) is 7.42. The second-order valence-electron chi connectivity index (χ2n) is 5.58. The minimum absolute atomic E-state index is 0.300. The molecule has 2 aliphatic rings. The summed E-state index contributed by atoms with van der Waals surface area (Å²) in [6.07, 6.45) is 7.56. The van der Waals surface area contributed by atoms with E-state index in [9.17, 15) is 0 Å². The van der Waals surface area contributed by atoms with E-state index in [0.717, 1.165) is 31.6 Å². The molecule has 19 heavy (non-hydrogen) atoms. The average molecular weight is 261 g/mol. The maximum absolute atomic E-state index is 6.24. The first kappa shape index (κ1) is 12.8. The first-order valence-electron chi connectivity index (χ1n) is 7.42. The molecule has 3 rings (SSSR count). The summed E-state index contributed by atoms with van der Waals surface area (Å²) in [5.74, 6) is 1.03. The zero-order chi connectivity index (χ0) is 13.1. The number of fused-ring (bicyclic) bond motifs is 1. The third-order valence-corrected chi connectivity index (χ3v) is 4.24. The van der Waals surface area contributed by atoms with Crippen LogP contribution in [0.15, 0.2) is 18.2 Å². The van der Waals surface area contributed by atoms with Crippen molar-refractivity contribution in [1.82, 2.24) is 0 Å². The first-order chi connectivity index (χ1) is 9.36. The van der Waals surface area contributed by atoms with Crippen LogP contribution in [0.4, 0.5) is 5.69 Å². The smallest absolute Gasteiger partial charge is 0.143 e. The predicted molar refractivity (Wildman–Crippen MR) is 76.9 cm³/mol. The molecular weight excluding hydrogens is 238 g/mol. The number of anilines is 1. The highest BCUT2D eigenvalue weighted by molar-refractivity contribution is 5.63. The van der Waals surface area contributed by atoms with Gasteiger partial charge >= 0.3 is 0 Å². The van der Waals surface area contributed by atoms with Gasteiger partial charge in [-0.05, 0) is 43.7 Å². The summed E-state index contributed by atoms with van der Waals surface area (Å²) >= 11 is 0. The van der Waals surface area contributed by atoms with Crippen molar-refractivity contribution in [3.63, 3.8) is 0 Å². The Hall–Kier alpha value is -1.22. The number of aryl methyl sites for hydroxylation is 1. The number of hydrogen-bond acceptors (Lipinski definition) is 3. The average Bonchev–Trinajstić information content (AvgIpc) is 2.48. The molecule has 3 heteroatoms. The van der Waals surface area contributed by atoms with Crippen LogP contribution in [0, 0.1) is 0 Å². The molecule has 0 aromatic heterocycles. The molecule has 1 aliphatic carbocycles. The topological polar surface area (TPSA) is 30.5 Å². The molecule has 104 valence electrons. The normalized spacial score (nSPS) is 26.4. The van der Waals surface area contributed by atoms with Crippen LogP contribution in [0.2, 0.25) is 0 Å². The molecule has 0 amide bonds. The standard InChI is InChI=1S/C16H23NO2/c1-18-13-7-3-8-14(11-13)19-15-9-2-5-12-6-4-10-17-16(12)15/h2,5,9,13-14,17H,3-4,6-8,10-11H2,1H3. The Bertz CT molecular complexity index is 433. The molecule has 1 N–H and O–H groups in total. The van der Waals surface area contributed by atoms with Crippen LogP contribution in [0.3, 0.4) is 0 Å². The Morgan fingerprint density at radius 3 is 2.95 bits per heavy atom. The Labute approximate surface area is 115 Å². The molecule has 2 atom stereocenters. The second-order valence-corrected chi connectivity index (χ2v) is 5.58. The van der Waals surface area contributed by atoms with Gasteiger partial charge in [-0.2, -0.15) is 0 Å². The molecule has 1 heterocycles. The van der Waals surface area contributed by atoms with E-state index >= 15 is 0 Å². The maximum atomic E-state index is 6.24. The SMILES string of the molecule is COC1CCCC(Oc2cccc3c2NCCC3)C1. The van der Waals surface area contributed by atoms with E-state index in [2.05, 4.69) is 23.5 Å². The minimum Gasteiger partial charge on any atom is -0.488 e. The van der Waals surface area contributed by atoms with Crippen molar-refractivity contribution in [3.05, 3.63) is 23.8 Å². The van der Waals surface area contributed by atoms with Gasteiger partial charge in [0, 0.05) is 20.1 Å². The summed E-state index contributed by atoms with van der Waals surface area (Å²) in [5, 5.41) is 3.49. The van der Waals surface area contributed by atoms with Crippen molar-refractivity contribution in [2.75, 3.05) is 19.0 Å². The van der Waals surface area contributed by atoms with Crippen LogP contribution >= 0.6 is 0 Å². The molecule has 0 radical (unpaired) electrons. The Balaban J connectivity index is 1.72. The summed E-state index contributed by atoms with van der Waals surface area (Å²) in [5.41, 5.74) is 2.61. The van der Waals surface area contributed by atoms with Gasteiger partial charge in [0.1, 0.15) is 11.9 Å². The third kappa shape index (κ3) is 2.86. The molecule has 1 aliphatic heterocycles. The third-order valence-electron chi connectivity index (χ3n) is 4.24. The van der Waals surface area contributed by atoms with Crippen LogP contribution in [0.1, 0.15) is 37.7 Å². The van der Waals surface area contributed by atoms with E-state index < -0.39 is 0 Å². The molecule has 0 bridgehead atoms. The summed E-state index contributed by atoms with van der Waals surface area (Å²) in [6, 6.07) is 6.40. The summed E-state index contributed by atoms with van der Waals surface area (Å²) < 4.78 is 11.7. The molecule has 2 unspecified atom stereocenters. The highest BCUT2D eigenvalue weighted by Gasteiger charge is 2.24. The van der Waals surface area contributed by atoms with Crippen LogP contribution in [-0.2, 0) is 11.2 Å². The molecular formula is C16H23NO2. The van der Waals surface area contributed by atoms with Gasteiger partial charge in [-0.1, -0.05) is 12.1 Å². The number of nitrogens with one attached hydrogen (secondary N) is 1. The van der Waals surface area contributed by atoms with Gasteiger partial charge in [0.05, 0.1) is 11.8 Å². The van der Waals surface area contributed by atoms with Gasteiger partial charge in [0.25, 0.3) is 0 Å². The highest BCUT2D eigenvalue weighted by Crippen LogP contribution is 2.34. The number of para-hydroxylation sites is 1. The van der Waals surface area contributed by atoms with E-state index in [4.69, 9.17) is 9.47 Å². The minimum atomic E-state index is 0.300. The molecule has 0 saturated heterocycles. The van der Waals surface area contributed by atoms with Crippen molar-refractivity contribution < 1.29 is 9.47 Å². The van der Waals surface area contributed by atoms with Gasteiger partial charge in [-0.25, -0.2) is 0 Å². The van der Waals surface area contributed by atoms with Crippen molar-refractivity contribution >= 4 is 5.69 Å². The fourth-order valence-electron chi connectivity index (χ4n) is 3.18. The van der Waals surface area contributed by atoms with Gasteiger partial charge in [0.2, 0.25) is 0 Å². The predicted octanol–water partition coefficient (Wildman–Crippen LogP) is 3.38. The van der Waals surface area contributed by atoms with E-state index in [-0.39, 0.29) is 0 Å².